The van der Waals surface area contributed by atoms with E-state index in [0.29, 0.717) is 42.6 Å². The van der Waals surface area contributed by atoms with Crippen LogP contribution in [0.25, 0.3) is 10.6 Å². The van der Waals surface area contributed by atoms with Gasteiger partial charge in [0.25, 0.3) is 5.91 Å². The van der Waals surface area contributed by atoms with Crippen LogP contribution in [0.2, 0.25) is 0 Å². The van der Waals surface area contributed by atoms with Crippen LogP contribution in [0.5, 0.6) is 0 Å². The van der Waals surface area contributed by atoms with Crippen LogP contribution in [-0.2, 0) is 4.79 Å². The fourth-order valence-corrected chi connectivity index (χ4v) is 3.46. The Morgan fingerprint density at radius 1 is 1.46 bits per heavy atom. The van der Waals surface area contributed by atoms with Gasteiger partial charge in [0.2, 0.25) is 5.91 Å². The summed E-state index contributed by atoms with van der Waals surface area (Å²) >= 11 is 1.30. The highest BCUT2D eigenvalue weighted by Gasteiger charge is 2.28. The molecule has 8 nitrogen and oxygen atoms in total. The molecule has 0 bridgehead atoms. The lowest BCUT2D eigenvalue weighted by molar-refractivity contribution is -0.119. The summed E-state index contributed by atoms with van der Waals surface area (Å²) in [7, 11) is 0. The van der Waals surface area contributed by atoms with Gasteiger partial charge in [-0.05, 0) is 25.5 Å². The van der Waals surface area contributed by atoms with Crippen LogP contribution < -0.4 is 10.6 Å². The predicted octanol–water partition coefficient (Wildman–Crippen LogP) is 1.70. The number of amides is 2. The topological polar surface area (TPSA) is 111 Å². The van der Waals surface area contributed by atoms with E-state index in [1.54, 1.807) is 29.3 Å². The molecule has 2 N–H and O–H groups in total. The zero-order valence-corrected chi connectivity index (χ0v) is 15.0. The molecule has 0 saturated carbocycles. The van der Waals surface area contributed by atoms with Gasteiger partial charge in [-0.15, -0.1) is 0 Å². The minimum atomic E-state index is -0.226. The number of carbonyl (C=O) groups is 2. The Balaban J connectivity index is 1.68. The van der Waals surface area contributed by atoms with Gasteiger partial charge < -0.3 is 15.5 Å². The molecule has 0 aromatic carbocycles. The Labute approximate surface area is 154 Å². The predicted molar refractivity (Wildman–Crippen MR) is 97.3 cm³/mol. The van der Waals surface area contributed by atoms with Crippen molar-refractivity contribution >= 4 is 28.3 Å². The smallest absolute Gasteiger partial charge is 0.269 e. The summed E-state index contributed by atoms with van der Waals surface area (Å²) in [4.78, 5) is 35.1. The van der Waals surface area contributed by atoms with Gasteiger partial charge in [0.15, 0.2) is 11.3 Å². The van der Waals surface area contributed by atoms with E-state index in [4.69, 9.17) is 5.26 Å². The van der Waals surface area contributed by atoms with Crippen molar-refractivity contribution in [1.82, 2.24) is 20.2 Å². The fourth-order valence-electron chi connectivity index (χ4n) is 2.67. The van der Waals surface area contributed by atoms with E-state index < -0.39 is 0 Å². The quantitative estimate of drug-likeness (QED) is 0.775. The lowest BCUT2D eigenvalue weighted by atomic mass is 10.1. The van der Waals surface area contributed by atoms with E-state index in [9.17, 15) is 9.59 Å². The number of nitriles is 1. The van der Waals surface area contributed by atoms with Crippen molar-refractivity contribution in [3.8, 4) is 16.8 Å². The number of aromatic nitrogens is 2. The number of nitrogens with zero attached hydrogens (tertiary/aromatic N) is 4. The molecule has 26 heavy (non-hydrogen) atoms. The molecule has 9 heteroatoms. The van der Waals surface area contributed by atoms with E-state index >= 15 is 0 Å². The second kappa shape index (κ2) is 7.93. The van der Waals surface area contributed by atoms with E-state index in [0.717, 1.165) is 4.88 Å². The third-order valence-corrected chi connectivity index (χ3v) is 4.94. The second-order valence-electron chi connectivity index (χ2n) is 5.82. The highest BCUT2D eigenvalue weighted by molar-refractivity contribution is 7.19. The van der Waals surface area contributed by atoms with E-state index in [2.05, 4.69) is 26.8 Å². The molecule has 3 heterocycles. The number of likely N-dealkylation sites (tertiary alicyclic amines) is 1. The maximum Gasteiger partial charge on any atom is 0.269 e. The van der Waals surface area contributed by atoms with Crippen LogP contribution in [0.4, 0.5) is 5.13 Å². The molecule has 2 amide bonds. The molecular formula is C17H18N6O2S. The molecule has 0 spiro atoms. The second-order valence-corrected chi connectivity index (χ2v) is 6.85. The molecule has 3 rings (SSSR count). The third kappa shape index (κ3) is 3.97. The molecule has 2 aromatic heterocycles. The molecule has 1 fully saturated rings. The summed E-state index contributed by atoms with van der Waals surface area (Å²) < 4.78 is 0. The number of hydrogen-bond acceptors (Lipinski definition) is 7. The number of anilines is 1. The molecule has 1 aliphatic heterocycles. The van der Waals surface area contributed by atoms with Crippen molar-refractivity contribution in [3.05, 3.63) is 30.1 Å². The SMILES string of the molecule is CCNC(=O)c1cccc(-c2cnc(NC(=O)C3CCN(C#N)C3)s2)n1. The first-order chi connectivity index (χ1) is 12.6. The van der Waals surface area contributed by atoms with Crippen LogP contribution in [0.3, 0.4) is 0 Å². The first-order valence-electron chi connectivity index (χ1n) is 8.27. The normalized spacial score (nSPS) is 16.2. The summed E-state index contributed by atoms with van der Waals surface area (Å²) in [5.41, 5.74) is 0.967. The zero-order valence-electron chi connectivity index (χ0n) is 14.2. The largest absolute Gasteiger partial charge is 0.351 e. The number of thiazole rings is 1. The number of rotatable bonds is 5. The summed E-state index contributed by atoms with van der Waals surface area (Å²) in [6, 6.07) is 5.21. The monoisotopic (exact) mass is 370 g/mol. The van der Waals surface area contributed by atoms with Gasteiger partial charge in [-0.2, -0.15) is 5.26 Å². The van der Waals surface area contributed by atoms with Gasteiger partial charge in [0.05, 0.1) is 16.5 Å². The highest BCUT2D eigenvalue weighted by atomic mass is 32.1. The lowest BCUT2D eigenvalue weighted by Gasteiger charge is -2.08. The van der Waals surface area contributed by atoms with E-state index in [1.807, 2.05) is 6.92 Å². The molecule has 0 aliphatic carbocycles. The molecule has 1 aliphatic rings. The van der Waals surface area contributed by atoms with Crippen molar-refractivity contribution < 1.29 is 9.59 Å². The van der Waals surface area contributed by atoms with Gasteiger partial charge in [-0.25, -0.2) is 9.97 Å². The molecule has 134 valence electrons. The van der Waals surface area contributed by atoms with Crippen LogP contribution in [-0.4, -0.2) is 46.3 Å². The number of pyridine rings is 1. The minimum absolute atomic E-state index is 0.132. The average molecular weight is 370 g/mol. The first kappa shape index (κ1) is 17.8. The molecule has 2 aromatic rings. The summed E-state index contributed by atoms with van der Waals surface area (Å²) in [6.07, 6.45) is 4.35. The zero-order chi connectivity index (χ0) is 18.5. The molecule has 1 atom stereocenters. The van der Waals surface area contributed by atoms with Gasteiger partial charge in [0.1, 0.15) is 5.69 Å². The van der Waals surface area contributed by atoms with Gasteiger partial charge >= 0.3 is 0 Å². The van der Waals surface area contributed by atoms with Crippen LogP contribution in [0, 0.1) is 17.4 Å². The number of hydrogen-bond donors (Lipinski definition) is 2. The highest BCUT2D eigenvalue weighted by Crippen LogP contribution is 2.28. The van der Waals surface area contributed by atoms with Gasteiger partial charge in [-0.1, -0.05) is 17.4 Å². The van der Waals surface area contributed by atoms with Gasteiger partial charge in [-0.3, -0.25) is 9.59 Å². The Bertz CT molecular complexity index is 859. The van der Waals surface area contributed by atoms with Crippen LogP contribution in [0.1, 0.15) is 23.8 Å². The Morgan fingerprint density at radius 2 is 2.31 bits per heavy atom. The first-order valence-corrected chi connectivity index (χ1v) is 9.09. The third-order valence-electron chi connectivity index (χ3n) is 4.01. The van der Waals surface area contributed by atoms with Crippen LogP contribution >= 0.6 is 11.3 Å². The summed E-state index contributed by atoms with van der Waals surface area (Å²) in [6.45, 7) is 3.43. The number of nitrogens with one attached hydrogen (secondary N) is 2. The maximum atomic E-state index is 12.3. The summed E-state index contributed by atoms with van der Waals surface area (Å²) in [5.74, 6) is -0.565. The van der Waals surface area contributed by atoms with E-state index in [1.165, 1.54) is 11.3 Å². The molecular weight excluding hydrogens is 352 g/mol. The summed E-state index contributed by atoms with van der Waals surface area (Å²) in [5, 5.41) is 14.9. The van der Waals surface area contributed by atoms with Crippen molar-refractivity contribution in [2.45, 2.75) is 13.3 Å². The number of carbonyl (C=O) groups excluding carboxylic acids is 2. The lowest BCUT2D eigenvalue weighted by Crippen LogP contribution is -2.25. The standard InChI is InChI=1S/C17H18N6O2S/c1-2-19-16(25)13-5-3-4-12(21-13)14-8-20-17(26-14)22-15(24)11-6-7-23(9-11)10-18/h3-5,8,11H,2,6-7,9H2,1H3,(H,19,25)(H,20,22,24). The van der Waals surface area contributed by atoms with Crippen molar-refractivity contribution in [2.24, 2.45) is 5.92 Å². The maximum absolute atomic E-state index is 12.3. The minimum Gasteiger partial charge on any atom is -0.351 e. The van der Waals surface area contributed by atoms with Crippen molar-refractivity contribution in [1.29, 1.82) is 5.26 Å². The Hall–Kier alpha value is -2.99. The fraction of sp³-hybridized carbons (Fsp3) is 0.353. The average Bonchev–Trinajstić information content (AvgIpc) is 3.31. The van der Waals surface area contributed by atoms with Crippen molar-refractivity contribution in [3.63, 3.8) is 0 Å². The Morgan fingerprint density at radius 3 is 3.04 bits per heavy atom. The van der Waals surface area contributed by atoms with E-state index in [-0.39, 0.29) is 17.7 Å². The molecule has 0 radical (unpaired) electrons. The molecule has 1 saturated heterocycles. The molecule has 1 unspecified atom stereocenters. The van der Waals surface area contributed by atoms with Crippen LogP contribution in [0.15, 0.2) is 24.4 Å². The van der Waals surface area contributed by atoms with Crippen molar-refractivity contribution in [2.75, 3.05) is 25.0 Å². The Kier molecular flexibility index (Phi) is 5.43. The van der Waals surface area contributed by atoms with Gasteiger partial charge in [0, 0.05) is 25.8 Å².